The summed E-state index contributed by atoms with van der Waals surface area (Å²) < 4.78 is 16.3. The molecule has 0 aromatic heterocycles. The molecule has 0 spiro atoms. The lowest BCUT2D eigenvalue weighted by Gasteiger charge is -2.23. The number of fused-ring (bicyclic) bond motifs is 1. The number of benzene rings is 2. The average Bonchev–Trinajstić information content (AvgIpc) is 3.06. The zero-order chi connectivity index (χ0) is 19.4. The maximum absolute atomic E-state index is 12.0. The minimum atomic E-state index is -0.326. The molecule has 3 rings (SSSR count). The smallest absolute Gasteiger partial charge is 0.277 e. The van der Waals surface area contributed by atoms with Crippen LogP contribution in [0.5, 0.6) is 17.2 Å². The molecule has 0 atom stereocenters. The maximum Gasteiger partial charge on any atom is 0.277 e. The van der Waals surface area contributed by atoms with E-state index in [9.17, 15) is 4.79 Å². The Morgan fingerprint density at radius 3 is 2.74 bits per heavy atom. The van der Waals surface area contributed by atoms with Crippen molar-refractivity contribution in [2.75, 3.05) is 13.4 Å². The van der Waals surface area contributed by atoms with Gasteiger partial charge in [-0.25, -0.2) is 5.43 Å². The van der Waals surface area contributed by atoms with E-state index in [-0.39, 0.29) is 24.7 Å². The fourth-order valence-corrected chi connectivity index (χ4v) is 2.72. The summed E-state index contributed by atoms with van der Waals surface area (Å²) in [5.41, 5.74) is 5.35. The van der Waals surface area contributed by atoms with Gasteiger partial charge in [-0.2, -0.15) is 5.10 Å². The number of nitrogens with one attached hydrogen (secondary N) is 1. The second-order valence-corrected chi connectivity index (χ2v) is 7.44. The van der Waals surface area contributed by atoms with Crippen LogP contribution in [0.25, 0.3) is 0 Å². The number of amides is 1. The van der Waals surface area contributed by atoms with Crippen molar-refractivity contribution in [1.82, 2.24) is 5.43 Å². The van der Waals surface area contributed by atoms with Crippen LogP contribution in [0.15, 0.2) is 41.5 Å². The number of carbonyl (C=O) groups excluding carboxylic acids is 1. The number of aryl methyl sites for hydroxylation is 1. The third kappa shape index (κ3) is 4.78. The molecule has 0 aliphatic carbocycles. The van der Waals surface area contributed by atoms with E-state index in [1.54, 1.807) is 18.3 Å². The Hall–Kier alpha value is -3.02. The van der Waals surface area contributed by atoms with E-state index in [1.165, 1.54) is 0 Å². The fraction of sp³-hybridized carbons (Fsp3) is 0.333. The van der Waals surface area contributed by atoms with Crippen LogP contribution in [0.4, 0.5) is 0 Å². The number of nitrogens with zero attached hydrogens (tertiary/aromatic N) is 1. The Labute approximate surface area is 159 Å². The number of rotatable bonds is 5. The first-order valence-corrected chi connectivity index (χ1v) is 8.78. The van der Waals surface area contributed by atoms with Crippen molar-refractivity contribution in [3.63, 3.8) is 0 Å². The van der Waals surface area contributed by atoms with E-state index in [1.807, 2.05) is 31.2 Å². The highest BCUT2D eigenvalue weighted by Crippen LogP contribution is 2.32. The van der Waals surface area contributed by atoms with Crippen LogP contribution in [0.2, 0.25) is 0 Å². The van der Waals surface area contributed by atoms with Crippen LogP contribution in [-0.4, -0.2) is 25.5 Å². The molecule has 142 valence electrons. The topological polar surface area (TPSA) is 69.2 Å². The molecular weight excluding hydrogens is 344 g/mol. The van der Waals surface area contributed by atoms with Crippen molar-refractivity contribution in [2.24, 2.45) is 5.10 Å². The quantitative estimate of drug-likeness (QED) is 0.647. The summed E-state index contributed by atoms with van der Waals surface area (Å²) in [6, 6.07) is 11.5. The third-order valence-corrected chi connectivity index (χ3v) is 4.10. The van der Waals surface area contributed by atoms with Gasteiger partial charge in [-0.3, -0.25) is 4.79 Å². The summed E-state index contributed by atoms with van der Waals surface area (Å²) in [5.74, 6) is 1.77. The molecule has 27 heavy (non-hydrogen) atoms. The highest BCUT2D eigenvalue weighted by atomic mass is 16.7. The number of hydrogen-bond acceptors (Lipinski definition) is 5. The van der Waals surface area contributed by atoms with Crippen LogP contribution in [-0.2, 0) is 10.2 Å². The highest BCUT2D eigenvalue weighted by Gasteiger charge is 2.19. The lowest BCUT2D eigenvalue weighted by atomic mass is 9.86. The summed E-state index contributed by atoms with van der Waals surface area (Å²) in [4.78, 5) is 12.0. The maximum atomic E-state index is 12.0. The summed E-state index contributed by atoms with van der Waals surface area (Å²) in [5, 5.41) is 3.97. The summed E-state index contributed by atoms with van der Waals surface area (Å²) in [7, 11) is 0. The molecule has 1 aliphatic rings. The molecule has 1 heterocycles. The van der Waals surface area contributed by atoms with E-state index in [0.29, 0.717) is 11.5 Å². The lowest BCUT2D eigenvalue weighted by molar-refractivity contribution is -0.123. The Kier molecular flexibility index (Phi) is 5.35. The van der Waals surface area contributed by atoms with Gasteiger partial charge in [0.1, 0.15) is 5.75 Å². The molecule has 6 heteroatoms. The highest BCUT2D eigenvalue weighted by molar-refractivity contribution is 5.83. The second-order valence-electron chi connectivity index (χ2n) is 7.44. The van der Waals surface area contributed by atoms with Gasteiger partial charge >= 0.3 is 0 Å². The van der Waals surface area contributed by atoms with Crippen molar-refractivity contribution in [1.29, 1.82) is 0 Å². The van der Waals surface area contributed by atoms with E-state index in [0.717, 1.165) is 22.4 Å². The van der Waals surface area contributed by atoms with Gasteiger partial charge in [-0.15, -0.1) is 0 Å². The van der Waals surface area contributed by atoms with Crippen LogP contribution in [0, 0.1) is 6.92 Å². The normalized spacial score (nSPS) is 13.0. The molecule has 0 saturated heterocycles. The Balaban J connectivity index is 1.57. The molecule has 0 bridgehead atoms. The van der Waals surface area contributed by atoms with Gasteiger partial charge in [0.15, 0.2) is 18.1 Å². The number of carbonyl (C=O) groups is 1. The molecule has 0 unspecified atom stereocenters. The van der Waals surface area contributed by atoms with Crippen molar-refractivity contribution in [3.05, 3.63) is 53.1 Å². The minimum Gasteiger partial charge on any atom is -0.483 e. The van der Waals surface area contributed by atoms with E-state index >= 15 is 0 Å². The molecule has 6 nitrogen and oxygen atoms in total. The first kappa shape index (κ1) is 18.8. The Bertz CT molecular complexity index is 869. The zero-order valence-corrected chi connectivity index (χ0v) is 16.0. The standard InChI is InChI=1S/C21H24N2O4/c1-14-5-7-16(21(2,3)4)18(9-14)25-12-20(24)23-22-11-15-6-8-17-19(10-15)27-13-26-17/h5-11H,12-13H2,1-4H3,(H,23,24). The van der Waals surface area contributed by atoms with E-state index in [2.05, 4.69) is 31.3 Å². The van der Waals surface area contributed by atoms with E-state index < -0.39 is 0 Å². The van der Waals surface area contributed by atoms with Crippen molar-refractivity contribution in [3.8, 4) is 17.2 Å². The van der Waals surface area contributed by atoms with Gasteiger partial charge in [0.2, 0.25) is 6.79 Å². The largest absolute Gasteiger partial charge is 0.483 e. The van der Waals surface area contributed by atoms with Gasteiger partial charge in [0, 0.05) is 0 Å². The molecule has 1 N–H and O–H groups in total. The first-order chi connectivity index (χ1) is 12.8. The SMILES string of the molecule is Cc1ccc(C(C)(C)C)c(OCC(=O)NN=Cc2ccc3c(c2)OCO3)c1. The molecule has 0 radical (unpaired) electrons. The van der Waals surface area contributed by atoms with Crippen LogP contribution in [0.3, 0.4) is 0 Å². The predicted molar refractivity (Wildman–Crippen MR) is 104 cm³/mol. The van der Waals surface area contributed by atoms with Gasteiger partial charge in [0.25, 0.3) is 5.91 Å². The number of hydrazone groups is 1. The second kappa shape index (κ2) is 7.70. The molecule has 0 fully saturated rings. The molecular formula is C21H24N2O4. The zero-order valence-electron chi connectivity index (χ0n) is 16.0. The molecule has 1 amide bonds. The minimum absolute atomic E-state index is 0.0724. The van der Waals surface area contributed by atoms with E-state index in [4.69, 9.17) is 14.2 Å². The van der Waals surface area contributed by atoms with Crippen molar-refractivity contribution < 1.29 is 19.0 Å². The Morgan fingerprint density at radius 2 is 1.96 bits per heavy atom. The third-order valence-electron chi connectivity index (χ3n) is 4.10. The van der Waals surface area contributed by atoms with Crippen LogP contribution < -0.4 is 19.6 Å². The van der Waals surface area contributed by atoms with Gasteiger partial charge in [-0.1, -0.05) is 32.9 Å². The summed E-state index contributed by atoms with van der Waals surface area (Å²) in [6.45, 7) is 8.44. The monoisotopic (exact) mass is 368 g/mol. The first-order valence-electron chi connectivity index (χ1n) is 8.78. The Morgan fingerprint density at radius 1 is 1.19 bits per heavy atom. The number of hydrogen-bond donors (Lipinski definition) is 1. The predicted octanol–water partition coefficient (Wildman–Crippen LogP) is 3.55. The van der Waals surface area contributed by atoms with Crippen LogP contribution in [0.1, 0.15) is 37.5 Å². The van der Waals surface area contributed by atoms with Gasteiger partial charge < -0.3 is 14.2 Å². The molecule has 1 aliphatic heterocycles. The van der Waals surface area contributed by atoms with Gasteiger partial charge in [0.05, 0.1) is 6.21 Å². The summed E-state index contributed by atoms with van der Waals surface area (Å²) >= 11 is 0. The van der Waals surface area contributed by atoms with Crippen molar-refractivity contribution >= 4 is 12.1 Å². The fourth-order valence-electron chi connectivity index (χ4n) is 2.72. The molecule has 2 aromatic rings. The van der Waals surface area contributed by atoms with Gasteiger partial charge in [-0.05, 0) is 53.3 Å². The summed E-state index contributed by atoms with van der Waals surface area (Å²) in [6.07, 6.45) is 1.55. The molecule has 2 aromatic carbocycles. The van der Waals surface area contributed by atoms with Crippen molar-refractivity contribution in [2.45, 2.75) is 33.1 Å². The average molecular weight is 368 g/mol. The lowest BCUT2D eigenvalue weighted by Crippen LogP contribution is -2.25. The van der Waals surface area contributed by atoms with Crippen LogP contribution >= 0.6 is 0 Å². The number of ether oxygens (including phenoxy) is 3. The molecule has 0 saturated carbocycles.